The van der Waals surface area contributed by atoms with Crippen LogP contribution in [0, 0.1) is 0 Å². The van der Waals surface area contributed by atoms with Crippen LogP contribution in [0.15, 0.2) is 24.6 Å². The monoisotopic (exact) mass is 124 g/mol. The molecule has 2 heteroatoms. The Kier molecular flexibility index (Phi) is 2.19. The van der Waals surface area contributed by atoms with Crippen LogP contribution >= 0.6 is 0 Å². The zero-order chi connectivity index (χ0) is 6.53. The number of allylic oxidation sites excluding steroid dienone is 2. The van der Waals surface area contributed by atoms with E-state index in [-0.39, 0.29) is 0 Å². The molecule has 1 heterocycles. The van der Waals surface area contributed by atoms with Gasteiger partial charge in [-0.1, -0.05) is 6.08 Å². The molecule has 0 saturated carbocycles. The van der Waals surface area contributed by atoms with Crippen LogP contribution in [-0.2, 0) is 0 Å². The summed E-state index contributed by atoms with van der Waals surface area (Å²) in [6.07, 6.45) is 4.92. The van der Waals surface area contributed by atoms with E-state index >= 15 is 0 Å². The van der Waals surface area contributed by atoms with Crippen molar-refractivity contribution in [3.05, 3.63) is 24.6 Å². The molecule has 2 N–H and O–H groups in total. The molecule has 0 unspecified atom stereocenters. The van der Waals surface area contributed by atoms with Gasteiger partial charge in [0, 0.05) is 13.1 Å². The molecule has 2 nitrogen and oxygen atoms in total. The van der Waals surface area contributed by atoms with Crippen LogP contribution < -0.4 is 10.6 Å². The Balaban J connectivity index is 2.30. The summed E-state index contributed by atoms with van der Waals surface area (Å²) in [7, 11) is 0. The molecule has 1 aliphatic rings. The lowest BCUT2D eigenvalue weighted by atomic mass is 10.4. The summed E-state index contributed by atoms with van der Waals surface area (Å²) in [6.45, 7) is 5.71. The molecule has 50 valence electrons. The molecule has 0 atom stereocenters. The summed E-state index contributed by atoms with van der Waals surface area (Å²) in [5.41, 5.74) is 0. The van der Waals surface area contributed by atoms with Gasteiger partial charge in [0.15, 0.2) is 0 Å². The first-order chi connectivity index (χ1) is 4.43. The van der Waals surface area contributed by atoms with Crippen LogP contribution in [0.4, 0.5) is 0 Å². The van der Waals surface area contributed by atoms with Crippen molar-refractivity contribution in [2.75, 3.05) is 13.1 Å². The second kappa shape index (κ2) is 3.17. The Labute approximate surface area is 55.6 Å². The molecular formula is C7H12N2. The van der Waals surface area contributed by atoms with Crippen LogP contribution in [0.5, 0.6) is 0 Å². The third-order valence-electron chi connectivity index (χ3n) is 1.24. The highest BCUT2D eigenvalue weighted by Crippen LogP contribution is 1.92. The Morgan fingerprint density at radius 2 is 2.11 bits per heavy atom. The van der Waals surface area contributed by atoms with E-state index in [1.165, 1.54) is 0 Å². The first kappa shape index (κ1) is 6.20. The van der Waals surface area contributed by atoms with Gasteiger partial charge in [-0.3, -0.25) is 0 Å². The average Bonchev–Trinajstić information content (AvgIpc) is 2.34. The molecule has 9 heavy (non-hydrogen) atoms. The molecule has 1 saturated heterocycles. The van der Waals surface area contributed by atoms with E-state index in [9.17, 15) is 0 Å². The van der Waals surface area contributed by atoms with Gasteiger partial charge in [0.05, 0.1) is 5.82 Å². The first-order valence-corrected chi connectivity index (χ1v) is 3.22. The Bertz CT molecular complexity index is 119. The number of hydrogen-bond donors (Lipinski definition) is 2. The van der Waals surface area contributed by atoms with E-state index in [1.54, 1.807) is 0 Å². The maximum Gasteiger partial charge on any atom is 0.0949 e. The second-order valence-electron chi connectivity index (χ2n) is 2.00. The van der Waals surface area contributed by atoms with Crippen molar-refractivity contribution in [1.29, 1.82) is 0 Å². The van der Waals surface area contributed by atoms with E-state index in [0.717, 1.165) is 25.3 Å². The summed E-state index contributed by atoms with van der Waals surface area (Å²) in [5, 5.41) is 6.39. The normalized spacial score (nSPS) is 16.2. The van der Waals surface area contributed by atoms with E-state index in [1.807, 2.05) is 6.08 Å². The third-order valence-corrected chi connectivity index (χ3v) is 1.24. The minimum absolute atomic E-state index is 0.940. The molecule has 0 aromatic rings. The summed E-state index contributed by atoms with van der Waals surface area (Å²) in [5.74, 6) is 1.15. The van der Waals surface area contributed by atoms with Crippen molar-refractivity contribution in [2.45, 2.75) is 6.42 Å². The van der Waals surface area contributed by atoms with Crippen LogP contribution in [0.2, 0.25) is 0 Å². The van der Waals surface area contributed by atoms with Crippen LogP contribution in [0.3, 0.4) is 0 Å². The number of nitrogens with one attached hydrogen (secondary N) is 2. The Morgan fingerprint density at radius 3 is 2.67 bits per heavy atom. The molecule has 0 bridgehead atoms. The quantitative estimate of drug-likeness (QED) is 0.527. The highest BCUT2D eigenvalue weighted by Gasteiger charge is 1.99. The first-order valence-electron chi connectivity index (χ1n) is 3.22. The molecule has 0 aliphatic carbocycles. The van der Waals surface area contributed by atoms with E-state index in [0.29, 0.717) is 0 Å². The minimum Gasteiger partial charge on any atom is -0.370 e. The van der Waals surface area contributed by atoms with Gasteiger partial charge in [-0.15, -0.1) is 6.58 Å². The molecule has 0 aromatic carbocycles. The van der Waals surface area contributed by atoms with E-state index in [2.05, 4.69) is 23.3 Å². The fraction of sp³-hybridized carbons (Fsp3) is 0.429. The SMILES string of the molecule is C=CCC=C1NCCN1. The Hall–Kier alpha value is -0.920. The van der Waals surface area contributed by atoms with Gasteiger partial charge in [-0.05, 0) is 12.5 Å². The molecule has 0 spiro atoms. The minimum atomic E-state index is 0.940. The van der Waals surface area contributed by atoms with Crippen LogP contribution in [-0.4, -0.2) is 13.1 Å². The average molecular weight is 124 g/mol. The zero-order valence-corrected chi connectivity index (χ0v) is 5.48. The third kappa shape index (κ3) is 1.80. The van der Waals surface area contributed by atoms with Gasteiger partial charge in [0.2, 0.25) is 0 Å². The molecule has 1 aliphatic heterocycles. The number of hydrogen-bond acceptors (Lipinski definition) is 2. The highest BCUT2D eigenvalue weighted by molar-refractivity contribution is 5.03. The lowest BCUT2D eigenvalue weighted by molar-refractivity contribution is 0.941. The molecule has 0 aromatic heterocycles. The van der Waals surface area contributed by atoms with Gasteiger partial charge in [0.1, 0.15) is 0 Å². The van der Waals surface area contributed by atoms with Crippen molar-refractivity contribution < 1.29 is 0 Å². The maximum atomic E-state index is 3.62. The lowest BCUT2D eigenvalue weighted by Crippen LogP contribution is -2.09. The van der Waals surface area contributed by atoms with Gasteiger partial charge in [0.25, 0.3) is 0 Å². The zero-order valence-electron chi connectivity index (χ0n) is 5.48. The Morgan fingerprint density at radius 1 is 1.44 bits per heavy atom. The van der Waals surface area contributed by atoms with Crippen molar-refractivity contribution >= 4 is 0 Å². The number of rotatable bonds is 2. The second-order valence-corrected chi connectivity index (χ2v) is 2.00. The molecular weight excluding hydrogens is 112 g/mol. The fourth-order valence-electron chi connectivity index (χ4n) is 0.802. The molecule has 0 radical (unpaired) electrons. The van der Waals surface area contributed by atoms with Crippen molar-refractivity contribution in [1.82, 2.24) is 10.6 Å². The largest absolute Gasteiger partial charge is 0.370 e. The van der Waals surface area contributed by atoms with E-state index < -0.39 is 0 Å². The smallest absolute Gasteiger partial charge is 0.0949 e. The standard InChI is InChI=1S/C7H12N2/c1-2-3-4-7-8-5-6-9-7/h2,4,8-9H,1,3,5-6H2. The van der Waals surface area contributed by atoms with Gasteiger partial charge >= 0.3 is 0 Å². The van der Waals surface area contributed by atoms with Crippen LogP contribution in [0.1, 0.15) is 6.42 Å². The molecule has 0 amide bonds. The van der Waals surface area contributed by atoms with E-state index in [4.69, 9.17) is 0 Å². The maximum absolute atomic E-state index is 3.62. The fourth-order valence-corrected chi connectivity index (χ4v) is 0.802. The van der Waals surface area contributed by atoms with Crippen molar-refractivity contribution in [3.63, 3.8) is 0 Å². The predicted molar refractivity (Wildman–Crippen MR) is 38.9 cm³/mol. The predicted octanol–water partition coefficient (Wildman–Crippen LogP) is 0.597. The van der Waals surface area contributed by atoms with Crippen molar-refractivity contribution in [3.8, 4) is 0 Å². The van der Waals surface area contributed by atoms with Crippen LogP contribution in [0.25, 0.3) is 0 Å². The van der Waals surface area contributed by atoms with Gasteiger partial charge < -0.3 is 10.6 Å². The van der Waals surface area contributed by atoms with Gasteiger partial charge in [-0.25, -0.2) is 0 Å². The molecule has 1 rings (SSSR count). The molecule has 1 fully saturated rings. The summed E-state index contributed by atoms with van der Waals surface area (Å²) < 4.78 is 0. The highest BCUT2D eigenvalue weighted by atomic mass is 15.2. The summed E-state index contributed by atoms with van der Waals surface area (Å²) in [6, 6.07) is 0. The summed E-state index contributed by atoms with van der Waals surface area (Å²) in [4.78, 5) is 0. The van der Waals surface area contributed by atoms with Gasteiger partial charge in [-0.2, -0.15) is 0 Å². The lowest BCUT2D eigenvalue weighted by Gasteiger charge is -1.95. The topological polar surface area (TPSA) is 24.1 Å². The summed E-state index contributed by atoms with van der Waals surface area (Å²) >= 11 is 0. The van der Waals surface area contributed by atoms with Crippen molar-refractivity contribution in [2.24, 2.45) is 0 Å².